The van der Waals surface area contributed by atoms with Crippen LogP contribution in [0.1, 0.15) is 38.5 Å². The maximum atomic E-state index is 14.3. The Balaban J connectivity index is 1.53. The number of nitrogens with one attached hydrogen (secondary N) is 1. The number of rotatable bonds is 4. The molecule has 1 aliphatic carbocycles. The molecular formula is C18H26F4N4. The Bertz CT molecular complexity index is 591. The van der Waals surface area contributed by atoms with Crippen LogP contribution in [0.5, 0.6) is 0 Å². The molecule has 0 aromatic carbocycles. The van der Waals surface area contributed by atoms with E-state index in [1.807, 2.05) is 0 Å². The SMILES string of the molecule is N[C@H]1CC[C@H](CNc2ccc(N3CCC(C(F)(F)F)CC3)nc2F)CC1. The summed E-state index contributed by atoms with van der Waals surface area (Å²) in [5, 5.41) is 3.11. The highest BCUT2D eigenvalue weighted by atomic mass is 19.4. The summed E-state index contributed by atoms with van der Waals surface area (Å²) >= 11 is 0. The molecule has 0 radical (unpaired) electrons. The molecule has 0 spiro atoms. The Hall–Kier alpha value is -1.57. The summed E-state index contributed by atoms with van der Waals surface area (Å²) in [6.07, 6.45) is -0.0283. The van der Waals surface area contributed by atoms with Gasteiger partial charge in [-0.3, -0.25) is 0 Å². The van der Waals surface area contributed by atoms with E-state index in [-0.39, 0.29) is 32.0 Å². The smallest absolute Gasteiger partial charge is 0.381 e. The number of pyridine rings is 1. The van der Waals surface area contributed by atoms with Gasteiger partial charge in [0.05, 0.1) is 11.6 Å². The van der Waals surface area contributed by atoms with Gasteiger partial charge in [-0.2, -0.15) is 17.6 Å². The summed E-state index contributed by atoms with van der Waals surface area (Å²) in [5.41, 5.74) is 6.23. The van der Waals surface area contributed by atoms with Crippen LogP contribution in [0.3, 0.4) is 0 Å². The fourth-order valence-corrected chi connectivity index (χ4v) is 3.82. The second-order valence-corrected chi connectivity index (χ2v) is 7.47. The van der Waals surface area contributed by atoms with Crippen LogP contribution in [-0.4, -0.2) is 36.8 Å². The summed E-state index contributed by atoms with van der Waals surface area (Å²) < 4.78 is 52.5. The van der Waals surface area contributed by atoms with Crippen molar-refractivity contribution in [2.75, 3.05) is 29.9 Å². The van der Waals surface area contributed by atoms with Gasteiger partial charge in [0, 0.05) is 25.7 Å². The van der Waals surface area contributed by atoms with Crippen LogP contribution < -0.4 is 16.0 Å². The van der Waals surface area contributed by atoms with Gasteiger partial charge in [0.2, 0.25) is 5.95 Å². The molecule has 0 bridgehead atoms. The van der Waals surface area contributed by atoms with Crippen molar-refractivity contribution < 1.29 is 17.6 Å². The normalized spacial score (nSPS) is 25.3. The van der Waals surface area contributed by atoms with Crippen LogP contribution in [0.25, 0.3) is 0 Å². The molecule has 1 saturated heterocycles. The summed E-state index contributed by atoms with van der Waals surface area (Å²) in [6.45, 7) is 1.17. The first kappa shape index (κ1) is 19.2. The third kappa shape index (κ3) is 4.78. The van der Waals surface area contributed by atoms with Gasteiger partial charge >= 0.3 is 6.18 Å². The molecule has 3 N–H and O–H groups in total. The van der Waals surface area contributed by atoms with Gasteiger partial charge < -0.3 is 16.0 Å². The number of alkyl halides is 3. The lowest BCUT2D eigenvalue weighted by atomic mass is 9.86. The molecule has 0 amide bonds. The minimum Gasteiger partial charge on any atom is -0.381 e. The molecule has 1 aromatic heterocycles. The van der Waals surface area contributed by atoms with Crippen molar-refractivity contribution in [2.45, 2.75) is 50.7 Å². The van der Waals surface area contributed by atoms with Crippen molar-refractivity contribution in [3.05, 3.63) is 18.1 Å². The van der Waals surface area contributed by atoms with E-state index in [1.165, 1.54) is 0 Å². The van der Waals surface area contributed by atoms with Crippen molar-refractivity contribution in [1.82, 2.24) is 4.98 Å². The molecule has 1 aliphatic heterocycles. The van der Waals surface area contributed by atoms with Gasteiger partial charge in [0.25, 0.3) is 0 Å². The monoisotopic (exact) mass is 374 g/mol. The Labute approximate surface area is 151 Å². The molecule has 2 aliphatic rings. The van der Waals surface area contributed by atoms with Crippen molar-refractivity contribution in [3.63, 3.8) is 0 Å². The molecule has 1 aromatic rings. The zero-order valence-electron chi connectivity index (χ0n) is 14.7. The molecular weight excluding hydrogens is 348 g/mol. The Morgan fingerprint density at radius 3 is 2.31 bits per heavy atom. The Morgan fingerprint density at radius 2 is 1.73 bits per heavy atom. The molecule has 8 heteroatoms. The quantitative estimate of drug-likeness (QED) is 0.619. The number of piperidine rings is 1. The molecule has 146 valence electrons. The first-order valence-corrected chi connectivity index (χ1v) is 9.30. The lowest BCUT2D eigenvalue weighted by Crippen LogP contribution is -2.39. The number of anilines is 2. The van der Waals surface area contributed by atoms with E-state index in [9.17, 15) is 17.6 Å². The maximum absolute atomic E-state index is 14.3. The highest BCUT2D eigenvalue weighted by molar-refractivity contribution is 5.50. The fourth-order valence-electron chi connectivity index (χ4n) is 3.82. The minimum atomic E-state index is -4.15. The molecule has 3 rings (SSSR count). The van der Waals surface area contributed by atoms with Crippen LogP contribution in [0.4, 0.5) is 29.1 Å². The average Bonchev–Trinajstić information content (AvgIpc) is 2.61. The lowest BCUT2D eigenvalue weighted by molar-refractivity contribution is -0.179. The third-order valence-corrected chi connectivity index (χ3v) is 5.59. The van der Waals surface area contributed by atoms with Crippen molar-refractivity contribution in [3.8, 4) is 0 Å². The predicted molar refractivity (Wildman–Crippen MR) is 93.6 cm³/mol. The van der Waals surface area contributed by atoms with E-state index in [0.29, 0.717) is 24.0 Å². The average molecular weight is 374 g/mol. The molecule has 2 fully saturated rings. The Morgan fingerprint density at radius 1 is 1.08 bits per heavy atom. The second kappa shape index (κ2) is 7.98. The second-order valence-electron chi connectivity index (χ2n) is 7.47. The van der Waals surface area contributed by atoms with Gasteiger partial charge in [0.15, 0.2) is 0 Å². The van der Waals surface area contributed by atoms with Crippen molar-refractivity contribution in [2.24, 2.45) is 17.6 Å². The molecule has 0 unspecified atom stereocenters. The van der Waals surface area contributed by atoms with Gasteiger partial charge in [-0.15, -0.1) is 0 Å². The third-order valence-electron chi connectivity index (χ3n) is 5.59. The van der Waals surface area contributed by atoms with Crippen LogP contribution in [0.2, 0.25) is 0 Å². The van der Waals surface area contributed by atoms with Gasteiger partial charge in [0.1, 0.15) is 5.82 Å². The first-order valence-electron chi connectivity index (χ1n) is 9.30. The highest BCUT2D eigenvalue weighted by Crippen LogP contribution is 2.35. The number of aromatic nitrogens is 1. The topological polar surface area (TPSA) is 54.2 Å². The maximum Gasteiger partial charge on any atom is 0.391 e. The number of nitrogens with zero attached hydrogens (tertiary/aromatic N) is 2. The largest absolute Gasteiger partial charge is 0.391 e. The zero-order valence-corrected chi connectivity index (χ0v) is 14.7. The van der Waals surface area contributed by atoms with Gasteiger partial charge in [-0.05, 0) is 56.6 Å². The van der Waals surface area contributed by atoms with E-state index in [0.717, 1.165) is 25.7 Å². The van der Waals surface area contributed by atoms with E-state index >= 15 is 0 Å². The van der Waals surface area contributed by atoms with Crippen LogP contribution in [-0.2, 0) is 0 Å². The summed E-state index contributed by atoms with van der Waals surface area (Å²) in [5.74, 6) is -0.992. The molecule has 0 atom stereocenters. The van der Waals surface area contributed by atoms with Crippen molar-refractivity contribution in [1.29, 1.82) is 0 Å². The van der Waals surface area contributed by atoms with E-state index in [2.05, 4.69) is 10.3 Å². The molecule has 4 nitrogen and oxygen atoms in total. The summed E-state index contributed by atoms with van der Waals surface area (Å²) in [6, 6.07) is 3.59. The fraction of sp³-hybridized carbons (Fsp3) is 0.722. The Kier molecular flexibility index (Phi) is 5.89. The zero-order chi connectivity index (χ0) is 18.7. The molecule has 2 heterocycles. The minimum absolute atomic E-state index is 0.0244. The van der Waals surface area contributed by atoms with Gasteiger partial charge in [-0.1, -0.05) is 0 Å². The van der Waals surface area contributed by atoms with E-state index in [4.69, 9.17) is 5.73 Å². The number of nitrogens with two attached hydrogens (primary N) is 1. The summed E-state index contributed by atoms with van der Waals surface area (Å²) in [4.78, 5) is 5.68. The first-order chi connectivity index (χ1) is 12.3. The predicted octanol–water partition coefficient (Wildman–Crippen LogP) is 3.93. The summed E-state index contributed by atoms with van der Waals surface area (Å²) in [7, 11) is 0. The molecule has 1 saturated carbocycles. The van der Waals surface area contributed by atoms with E-state index in [1.54, 1.807) is 17.0 Å². The number of hydrogen-bond acceptors (Lipinski definition) is 4. The standard InChI is InChI=1S/C18H26F4N4/c19-17-15(24-11-12-1-3-14(23)4-2-12)5-6-16(25-17)26-9-7-13(8-10-26)18(20,21)22/h5-6,12-14,24H,1-4,7-11,23H2/t12-,14-. The van der Waals surface area contributed by atoms with Crippen LogP contribution in [0, 0.1) is 17.8 Å². The highest BCUT2D eigenvalue weighted by Gasteiger charge is 2.41. The van der Waals surface area contributed by atoms with Crippen molar-refractivity contribution >= 4 is 11.5 Å². The van der Waals surface area contributed by atoms with E-state index < -0.39 is 18.0 Å². The van der Waals surface area contributed by atoms with Gasteiger partial charge in [-0.25, -0.2) is 4.98 Å². The lowest BCUT2D eigenvalue weighted by Gasteiger charge is -2.33. The molecule has 26 heavy (non-hydrogen) atoms. The van der Waals surface area contributed by atoms with Crippen LogP contribution in [0.15, 0.2) is 12.1 Å². The number of hydrogen-bond donors (Lipinski definition) is 2. The van der Waals surface area contributed by atoms with Crippen LogP contribution >= 0.6 is 0 Å². The number of halogens is 4.